The number of rotatable bonds is 3. The Morgan fingerprint density at radius 1 is 0.571 bits per heavy atom. The van der Waals surface area contributed by atoms with Crippen molar-refractivity contribution < 1.29 is 4.79 Å². The number of carbonyl (C=O) groups excluding carboxylic acids is 1. The molecule has 0 saturated heterocycles. The molecular weight excluding hydrogens is 342 g/mol. The van der Waals surface area contributed by atoms with E-state index in [9.17, 15) is 4.79 Å². The van der Waals surface area contributed by atoms with E-state index >= 15 is 0 Å². The van der Waals surface area contributed by atoms with E-state index in [1.54, 1.807) is 0 Å². The maximum atomic E-state index is 13.5. The topological polar surface area (TPSA) is 20.3 Å². The summed E-state index contributed by atoms with van der Waals surface area (Å²) in [4.78, 5) is 15.4. The summed E-state index contributed by atoms with van der Waals surface area (Å²) in [5.41, 5.74) is 6.05. The minimum Gasteiger partial charge on any atom is -0.296 e. The van der Waals surface area contributed by atoms with Gasteiger partial charge in [-0.1, -0.05) is 97.1 Å². The number of hydrogen-bond acceptors (Lipinski definition) is 1. The van der Waals surface area contributed by atoms with E-state index in [1.165, 1.54) is 0 Å². The van der Waals surface area contributed by atoms with Crippen LogP contribution in [0.4, 0.5) is 5.69 Å². The highest BCUT2D eigenvalue weighted by molar-refractivity contribution is 6.13. The number of benzene rings is 4. The molecule has 1 aliphatic heterocycles. The highest BCUT2D eigenvalue weighted by Crippen LogP contribution is 2.44. The minimum absolute atomic E-state index is 0.0489. The average Bonchev–Trinajstić information content (AvgIpc) is 3.07. The largest absolute Gasteiger partial charge is 0.296 e. The second-order valence-electron chi connectivity index (χ2n) is 6.96. The fourth-order valence-electron chi connectivity index (χ4n) is 4.07. The first-order valence-electron chi connectivity index (χ1n) is 9.46. The van der Waals surface area contributed by atoms with Crippen LogP contribution in [-0.4, -0.2) is 5.91 Å². The van der Waals surface area contributed by atoms with Crippen molar-refractivity contribution in [3.05, 3.63) is 126 Å². The zero-order chi connectivity index (χ0) is 18.9. The van der Waals surface area contributed by atoms with Crippen molar-refractivity contribution in [1.29, 1.82) is 0 Å². The lowest BCUT2D eigenvalue weighted by molar-refractivity contribution is 0.0993. The predicted octanol–water partition coefficient (Wildman–Crippen LogP) is 6.10. The Kier molecular flexibility index (Phi) is 4.02. The van der Waals surface area contributed by atoms with Crippen molar-refractivity contribution in [2.45, 2.75) is 6.04 Å². The van der Waals surface area contributed by atoms with Gasteiger partial charge in [0.2, 0.25) is 0 Å². The molecule has 5 rings (SSSR count). The van der Waals surface area contributed by atoms with Gasteiger partial charge >= 0.3 is 0 Å². The number of amides is 1. The first-order valence-corrected chi connectivity index (χ1v) is 9.46. The van der Waals surface area contributed by atoms with Crippen molar-refractivity contribution in [2.75, 3.05) is 4.90 Å². The van der Waals surface area contributed by atoms with Crippen molar-refractivity contribution in [3.8, 4) is 11.1 Å². The molecular formula is C26H19NO. The van der Waals surface area contributed by atoms with E-state index in [0.717, 1.165) is 33.5 Å². The van der Waals surface area contributed by atoms with E-state index in [2.05, 4.69) is 36.4 Å². The van der Waals surface area contributed by atoms with Gasteiger partial charge in [0, 0.05) is 11.1 Å². The van der Waals surface area contributed by atoms with Gasteiger partial charge in [-0.15, -0.1) is 0 Å². The van der Waals surface area contributed by atoms with Gasteiger partial charge in [-0.3, -0.25) is 9.69 Å². The van der Waals surface area contributed by atoms with Crippen molar-refractivity contribution >= 4 is 11.6 Å². The average molecular weight is 361 g/mol. The van der Waals surface area contributed by atoms with Gasteiger partial charge in [0.05, 0.1) is 11.7 Å². The first kappa shape index (κ1) is 16.5. The summed E-state index contributed by atoms with van der Waals surface area (Å²) in [6.45, 7) is 0. The zero-order valence-corrected chi connectivity index (χ0v) is 15.3. The van der Waals surface area contributed by atoms with Crippen LogP contribution in [0.5, 0.6) is 0 Å². The van der Waals surface area contributed by atoms with Crippen LogP contribution < -0.4 is 4.90 Å². The SMILES string of the molecule is O=C1c2ccccc2C(c2ccccc2)N1c1ccccc1-c1ccccc1. The fourth-order valence-corrected chi connectivity index (χ4v) is 4.07. The van der Waals surface area contributed by atoms with Gasteiger partial charge in [0.25, 0.3) is 5.91 Å². The second-order valence-corrected chi connectivity index (χ2v) is 6.96. The van der Waals surface area contributed by atoms with Gasteiger partial charge < -0.3 is 0 Å². The number of hydrogen-bond donors (Lipinski definition) is 0. The smallest absolute Gasteiger partial charge is 0.259 e. The maximum Gasteiger partial charge on any atom is 0.259 e. The summed E-state index contributed by atoms with van der Waals surface area (Å²) in [5, 5.41) is 0. The second kappa shape index (κ2) is 6.82. The Balaban J connectivity index is 1.73. The van der Waals surface area contributed by atoms with E-state index in [0.29, 0.717) is 0 Å². The molecule has 4 aromatic rings. The molecule has 0 spiro atoms. The van der Waals surface area contributed by atoms with Crippen LogP contribution >= 0.6 is 0 Å². The standard InChI is InChI=1S/C26H19NO/c28-26-23-17-8-7-16-22(23)25(20-13-5-2-6-14-20)27(26)24-18-10-9-15-21(24)19-11-3-1-4-12-19/h1-18,25H. The normalized spacial score (nSPS) is 15.5. The maximum absolute atomic E-state index is 13.5. The summed E-state index contributed by atoms with van der Waals surface area (Å²) < 4.78 is 0. The summed E-state index contributed by atoms with van der Waals surface area (Å²) in [7, 11) is 0. The summed E-state index contributed by atoms with van der Waals surface area (Å²) in [6.07, 6.45) is 0. The first-order chi connectivity index (χ1) is 13.8. The monoisotopic (exact) mass is 361 g/mol. The van der Waals surface area contributed by atoms with Gasteiger partial charge in [-0.25, -0.2) is 0 Å². The molecule has 1 unspecified atom stereocenters. The lowest BCUT2D eigenvalue weighted by atomic mass is 9.97. The Morgan fingerprint density at radius 3 is 1.89 bits per heavy atom. The van der Waals surface area contributed by atoms with Crippen LogP contribution in [0.15, 0.2) is 109 Å². The Hall–Kier alpha value is -3.65. The molecule has 0 N–H and O–H groups in total. The number of carbonyl (C=O) groups is 1. The van der Waals surface area contributed by atoms with E-state index in [4.69, 9.17) is 0 Å². The molecule has 4 aromatic carbocycles. The molecule has 134 valence electrons. The molecule has 0 fully saturated rings. The van der Waals surface area contributed by atoms with Gasteiger partial charge in [-0.2, -0.15) is 0 Å². The van der Waals surface area contributed by atoms with Crippen LogP contribution in [0.2, 0.25) is 0 Å². The molecule has 0 saturated carbocycles. The van der Waals surface area contributed by atoms with Crippen molar-refractivity contribution in [3.63, 3.8) is 0 Å². The highest BCUT2D eigenvalue weighted by atomic mass is 16.2. The van der Waals surface area contributed by atoms with Crippen molar-refractivity contribution in [2.24, 2.45) is 0 Å². The van der Waals surface area contributed by atoms with Crippen LogP contribution in [0, 0.1) is 0 Å². The molecule has 1 heterocycles. The van der Waals surface area contributed by atoms with Gasteiger partial charge in [0.15, 0.2) is 0 Å². The molecule has 1 atom stereocenters. The number of nitrogens with zero attached hydrogens (tertiary/aromatic N) is 1. The van der Waals surface area contributed by atoms with Crippen LogP contribution in [0.3, 0.4) is 0 Å². The molecule has 0 aliphatic carbocycles. The molecule has 1 amide bonds. The van der Waals surface area contributed by atoms with Crippen molar-refractivity contribution in [1.82, 2.24) is 0 Å². The molecule has 0 aromatic heterocycles. The van der Waals surface area contributed by atoms with Gasteiger partial charge in [0.1, 0.15) is 0 Å². The Morgan fingerprint density at radius 2 is 1.14 bits per heavy atom. The van der Waals surface area contributed by atoms with Crippen LogP contribution in [0.1, 0.15) is 27.5 Å². The summed E-state index contributed by atoms with van der Waals surface area (Å²) in [5.74, 6) is 0.0489. The number of para-hydroxylation sites is 1. The molecule has 2 heteroatoms. The predicted molar refractivity (Wildman–Crippen MR) is 113 cm³/mol. The van der Waals surface area contributed by atoms with E-state index in [-0.39, 0.29) is 11.9 Å². The van der Waals surface area contributed by atoms with E-state index < -0.39 is 0 Å². The quantitative estimate of drug-likeness (QED) is 0.431. The fraction of sp³-hybridized carbons (Fsp3) is 0.0385. The zero-order valence-electron chi connectivity index (χ0n) is 15.3. The lowest BCUT2D eigenvalue weighted by Crippen LogP contribution is -2.29. The summed E-state index contributed by atoms with van der Waals surface area (Å²) >= 11 is 0. The third-order valence-corrected chi connectivity index (χ3v) is 5.33. The Labute approximate surface area is 164 Å². The number of fused-ring (bicyclic) bond motifs is 1. The third-order valence-electron chi connectivity index (χ3n) is 5.33. The highest BCUT2D eigenvalue weighted by Gasteiger charge is 2.39. The molecule has 0 bridgehead atoms. The Bertz CT molecular complexity index is 1140. The minimum atomic E-state index is -0.130. The number of anilines is 1. The van der Waals surface area contributed by atoms with E-state index in [1.807, 2.05) is 77.7 Å². The van der Waals surface area contributed by atoms with Crippen LogP contribution in [-0.2, 0) is 0 Å². The third kappa shape index (κ3) is 2.62. The van der Waals surface area contributed by atoms with Gasteiger partial charge in [-0.05, 0) is 28.8 Å². The molecule has 0 radical (unpaired) electrons. The molecule has 28 heavy (non-hydrogen) atoms. The summed E-state index contributed by atoms with van der Waals surface area (Å²) in [6, 6.07) is 36.5. The molecule has 2 nitrogen and oxygen atoms in total. The lowest BCUT2D eigenvalue weighted by Gasteiger charge is -2.28. The molecule has 1 aliphatic rings. The van der Waals surface area contributed by atoms with Crippen LogP contribution in [0.25, 0.3) is 11.1 Å².